The summed E-state index contributed by atoms with van der Waals surface area (Å²) in [6.07, 6.45) is 0.352. The fraction of sp³-hybridized carbons (Fsp3) is 0.462. The van der Waals surface area contributed by atoms with Crippen molar-refractivity contribution < 1.29 is 9.18 Å². The van der Waals surface area contributed by atoms with Crippen LogP contribution in [0.3, 0.4) is 0 Å². The molecule has 0 bridgehead atoms. The topological polar surface area (TPSA) is 32.3 Å². The molecule has 0 saturated carbocycles. The van der Waals surface area contributed by atoms with Gasteiger partial charge in [-0.2, -0.15) is 0 Å². The van der Waals surface area contributed by atoms with Gasteiger partial charge >= 0.3 is 0 Å². The first-order valence-electron chi connectivity index (χ1n) is 5.91. The zero-order valence-corrected chi connectivity index (χ0v) is 11.2. The molecule has 1 saturated heterocycles. The van der Waals surface area contributed by atoms with Crippen LogP contribution in [0, 0.1) is 5.82 Å². The maximum absolute atomic E-state index is 12.7. The lowest BCUT2D eigenvalue weighted by Crippen LogP contribution is -2.52. The second kappa shape index (κ2) is 6.71. The first-order chi connectivity index (χ1) is 8.16. The Labute approximate surface area is 113 Å². The molecule has 0 aliphatic carbocycles. The highest BCUT2D eigenvalue weighted by molar-refractivity contribution is 5.85. The zero-order valence-electron chi connectivity index (χ0n) is 10.4. The van der Waals surface area contributed by atoms with E-state index in [1.807, 2.05) is 11.8 Å². The summed E-state index contributed by atoms with van der Waals surface area (Å²) >= 11 is 0. The Kier molecular flexibility index (Phi) is 5.56. The minimum atomic E-state index is -0.267. The van der Waals surface area contributed by atoms with Gasteiger partial charge in [0.1, 0.15) is 5.82 Å². The Bertz CT molecular complexity index is 396. The monoisotopic (exact) mass is 272 g/mol. The van der Waals surface area contributed by atoms with Crippen LogP contribution in [0.2, 0.25) is 0 Å². The minimum Gasteiger partial charge on any atom is -0.337 e. The molecule has 18 heavy (non-hydrogen) atoms. The number of benzene rings is 1. The van der Waals surface area contributed by atoms with Crippen LogP contribution in [0.4, 0.5) is 4.39 Å². The van der Waals surface area contributed by atoms with Crippen molar-refractivity contribution in [3.05, 3.63) is 35.6 Å². The molecule has 1 aliphatic rings. The van der Waals surface area contributed by atoms with E-state index in [1.165, 1.54) is 12.1 Å². The Morgan fingerprint density at radius 3 is 2.72 bits per heavy atom. The Morgan fingerprint density at radius 2 is 2.11 bits per heavy atom. The molecular weight excluding hydrogens is 255 g/mol. The van der Waals surface area contributed by atoms with Crippen molar-refractivity contribution in [3.8, 4) is 0 Å². The average Bonchev–Trinajstić information content (AvgIpc) is 2.32. The summed E-state index contributed by atoms with van der Waals surface area (Å²) in [5.74, 6) is -0.151. The molecule has 100 valence electrons. The highest BCUT2D eigenvalue weighted by Crippen LogP contribution is 2.09. The van der Waals surface area contributed by atoms with Gasteiger partial charge in [-0.05, 0) is 24.6 Å². The summed E-state index contributed by atoms with van der Waals surface area (Å²) in [5.41, 5.74) is 0.863. The maximum Gasteiger partial charge on any atom is 0.227 e. The van der Waals surface area contributed by atoms with E-state index in [0.717, 1.165) is 25.2 Å². The number of rotatable bonds is 2. The summed E-state index contributed by atoms with van der Waals surface area (Å²) < 4.78 is 12.7. The first kappa shape index (κ1) is 14.9. The number of carbonyl (C=O) groups excluding carboxylic acids is 1. The summed E-state index contributed by atoms with van der Waals surface area (Å²) in [4.78, 5) is 14.0. The number of hydrogen-bond donors (Lipinski definition) is 1. The molecule has 2 rings (SSSR count). The van der Waals surface area contributed by atoms with Crippen LogP contribution >= 0.6 is 12.4 Å². The van der Waals surface area contributed by atoms with Crippen LogP contribution in [0.15, 0.2) is 24.3 Å². The third-order valence-electron chi connectivity index (χ3n) is 3.09. The van der Waals surface area contributed by atoms with E-state index in [-0.39, 0.29) is 30.2 Å². The molecule has 3 nitrogen and oxygen atoms in total. The van der Waals surface area contributed by atoms with Gasteiger partial charge in [0, 0.05) is 25.7 Å². The van der Waals surface area contributed by atoms with Gasteiger partial charge in [-0.15, -0.1) is 12.4 Å². The van der Waals surface area contributed by atoms with Crippen molar-refractivity contribution in [3.63, 3.8) is 0 Å². The molecule has 1 atom stereocenters. The third kappa shape index (κ3) is 3.68. The molecule has 1 fully saturated rings. The second-order valence-electron chi connectivity index (χ2n) is 4.44. The van der Waals surface area contributed by atoms with Gasteiger partial charge in [0.15, 0.2) is 0 Å². The molecule has 5 heteroatoms. The lowest BCUT2D eigenvalue weighted by Gasteiger charge is -2.34. The summed E-state index contributed by atoms with van der Waals surface area (Å²) in [6, 6.07) is 6.35. The number of piperazine rings is 1. The Balaban J connectivity index is 0.00000162. The third-order valence-corrected chi connectivity index (χ3v) is 3.09. The van der Waals surface area contributed by atoms with E-state index in [0.29, 0.717) is 6.42 Å². The van der Waals surface area contributed by atoms with Crippen LogP contribution in [-0.4, -0.2) is 36.5 Å². The highest BCUT2D eigenvalue weighted by atomic mass is 35.5. The predicted molar refractivity (Wildman–Crippen MR) is 71.4 cm³/mol. The van der Waals surface area contributed by atoms with E-state index in [4.69, 9.17) is 0 Å². The molecular formula is C13H18ClFN2O. The van der Waals surface area contributed by atoms with Gasteiger partial charge < -0.3 is 10.2 Å². The molecule has 0 aromatic heterocycles. The van der Waals surface area contributed by atoms with Crippen molar-refractivity contribution in [1.82, 2.24) is 10.2 Å². The van der Waals surface area contributed by atoms with Crippen molar-refractivity contribution in [1.29, 1.82) is 0 Å². The highest BCUT2D eigenvalue weighted by Gasteiger charge is 2.22. The van der Waals surface area contributed by atoms with Crippen molar-refractivity contribution in [2.75, 3.05) is 19.6 Å². The maximum atomic E-state index is 12.7. The van der Waals surface area contributed by atoms with Crippen molar-refractivity contribution >= 4 is 18.3 Å². The normalized spacial score (nSPS) is 19.2. The molecule has 0 spiro atoms. The standard InChI is InChI=1S/C13H17FN2O.ClH/c1-10-9-15-6-7-16(10)13(17)8-11-2-4-12(14)5-3-11;/h2-5,10,15H,6-9H2,1H3;1H. The number of halogens is 2. The lowest BCUT2D eigenvalue weighted by molar-refractivity contribution is -0.133. The van der Waals surface area contributed by atoms with Crippen LogP contribution < -0.4 is 5.32 Å². The van der Waals surface area contributed by atoms with E-state index < -0.39 is 0 Å². The van der Waals surface area contributed by atoms with E-state index in [1.54, 1.807) is 12.1 Å². The van der Waals surface area contributed by atoms with Gasteiger partial charge in [-0.25, -0.2) is 4.39 Å². The fourth-order valence-corrected chi connectivity index (χ4v) is 2.09. The van der Waals surface area contributed by atoms with Gasteiger partial charge in [0.2, 0.25) is 5.91 Å². The molecule has 1 heterocycles. The smallest absolute Gasteiger partial charge is 0.227 e. The number of nitrogens with zero attached hydrogens (tertiary/aromatic N) is 1. The van der Waals surface area contributed by atoms with Crippen molar-refractivity contribution in [2.24, 2.45) is 0 Å². The predicted octanol–water partition coefficient (Wildman–Crippen LogP) is 1.61. The Hall–Kier alpha value is -1.13. The summed E-state index contributed by atoms with van der Waals surface area (Å²) in [7, 11) is 0. The van der Waals surface area contributed by atoms with Crippen LogP contribution in [0.5, 0.6) is 0 Å². The van der Waals surface area contributed by atoms with E-state index in [2.05, 4.69) is 5.32 Å². The van der Waals surface area contributed by atoms with Crippen LogP contribution in [0.25, 0.3) is 0 Å². The first-order valence-corrected chi connectivity index (χ1v) is 5.91. The van der Waals surface area contributed by atoms with E-state index >= 15 is 0 Å². The number of hydrogen-bond acceptors (Lipinski definition) is 2. The number of amides is 1. The minimum absolute atomic E-state index is 0. The van der Waals surface area contributed by atoms with Gasteiger partial charge in [-0.1, -0.05) is 12.1 Å². The fourth-order valence-electron chi connectivity index (χ4n) is 2.09. The van der Waals surface area contributed by atoms with Crippen LogP contribution in [-0.2, 0) is 11.2 Å². The average molecular weight is 273 g/mol. The molecule has 1 aliphatic heterocycles. The molecule has 1 aromatic rings. The molecule has 0 radical (unpaired) electrons. The lowest BCUT2D eigenvalue weighted by atomic mass is 10.1. The summed E-state index contributed by atoms with van der Waals surface area (Å²) in [6.45, 7) is 4.48. The number of nitrogens with one attached hydrogen (secondary N) is 1. The molecule has 1 amide bonds. The zero-order chi connectivity index (χ0) is 12.3. The SMILES string of the molecule is CC1CNCCN1C(=O)Cc1ccc(F)cc1.Cl. The second-order valence-corrected chi connectivity index (χ2v) is 4.44. The molecule has 1 unspecified atom stereocenters. The number of carbonyl (C=O) groups is 1. The van der Waals surface area contributed by atoms with Gasteiger partial charge in [-0.3, -0.25) is 4.79 Å². The summed E-state index contributed by atoms with van der Waals surface area (Å²) in [5, 5.41) is 3.25. The Morgan fingerprint density at radius 1 is 1.44 bits per heavy atom. The largest absolute Gasteiger partial charge is 0.337 e. The van der Waals surface area contributed by atoms with Crippen LogP contribution in [0.1, 0.15) is 12.5 Å². The molecule has 1 N–H and O–H groups in total. The van der Waals surface area contributed by atoms with E-state index in [9.17, 15) is 9.18 Å². The molecule has 1 aromatic carbocycles. The van der Waals surface area contributed by atoms with Gasteiger partial charge in [0.05, 0.1) is 6.42 Å². The van der Waals surface area contributed by atoms with Gasteiger partial charge in [0.25, 0.3) is 0 Å². The van der Waals surface area contributed by atoms with Crippen molar-refractivity contribution in [2.45, 2.75) is 19.4 Å². The quantitative estimate of drug-likeness (QED) is 0.887.